The topological polar surface area (TPSA) is 58.1 Å². The lowest BCUT2D eigenvalue weighted by Crippen LogP contribution is -2.42. The van der Waals surface area contributed by atoms with E-state index in [1.165, 1.54) is 5.56 Å². The Morgan fingerprint density at radius 1 is 1.21 bits per heavy atom. The molecule has 0 fully saturated rings. The summed E-state index contributed by atoms with van der Waals surface area (Å²) in [5.41, 5.74) is 2.31. The molecule has 0 amide bonds. The van der Waals surface area contributed by atoms with Crippen molar-refractivity contribution < 1.29 is 9.47 Å². The lowest BCUT2D eigenvalue weighted by molar-refractivity contribution is 0.171. The monoisotopic (exact) mass is 506 g/mol. The number of methoxy groups -OCH3 is 1. The lowest BCUT2D eigenvalue weighted by atomic mass is 10.1. The number of benzene rings is 1. The van der Waals surface area contributed by atoms with E-state index in [9.17, 15) is 0 Å². The molecular weight excluding hydrogens is 467 g/mol. The Labute approximate surface area is 188 Å². The minimum atomic E-state index is 0. The van der Waals surface area contributed by atoms with Crippen molar-refractivity contribution in [3.05, 3.63) is 29.3 Å². The molecule has 7 heteroatoms. The summed E-state index contributed by atoms with van der Waals surface area (Å²) in [5.74, 6) is 1.73. The van der Waals surface area contributed by atoms with Crippen molar-refractivity contribution in [2.24, 2.45) is 4.99 Å². The van der Waals surface area contributed by atoms with Crippen molar-refractivity contribution in [2.45, 2.75) is 46.7 Å². The molecule has 0 bridgehead atoms. The second-order valence-electron chi connectivity index (χ2n) is 6.88. The lowest BCUT2D eigenvalue weighted by Gasteiger charge is -2.25. The maximum absolute atomic E-state index is 5.95. The number of ether oxygens (including phenoxy) is 2. The quantitative estimate of drug-likeness (QED) is 0.197. The molecule has 2 N–H and O–H groups in total. The van der Waals surface area contributed by atoms with Gasteiger partial charge in [0.05, 0.1) is 6.61 Å². The number of hydrogen-bond donors (Lipinski definition) is 2. The molecule has 0 heterocycles. The van der Waals surface area contributed by atoms with Crippen molar-refractivity contribution in [1.29, 1.82) is 0 Å². The zero-order valence-corrected chi connectivity index (χ0v) is 20.7. The number of nitrogens with one attached hydrogen (secondary N) is 2. The highest BCUT2D eigenvalue weighted by molar-refractivity contribution is 14.0. The van der Waals surface area contributed by atoms with Gasteiger partial charge in [-0.3, -0.25) is 9.89 Å². The standard InChI is InChI=1S/C21H38N4O2.HI/c1-7-25(17(2)3)12-11-23-21(22-5)24-16-19-10-9-18(4)15-20(19)27-14-8-13-26-6;/h9-10,15,17H,7-8,11-14,16H2,1-6H3,(H2,22,23,24);1H. The molecule has 0 spiro atoms. The fraction of sp³-hybridized carbons (Fsp3) is 0.667. The summed E-state index contributed by atoms with van der Waals surface area (Å²) >= 11 is 0. The Balaban J connectivity index is 0.00000729. The van der Waals surface area contributed by atoms with Gasteiger partial charge in [-0.15, -0.1) is 24.0 Å². The Bertz CT molecular complexity index is 567. The Morgan fingerprint density at radius 2 is 1.96 bits per heavy atom. The van der Waals surface area contributed by atoms with Gasteiger partial charge in [0.15, 0.2) is 5.96 Å². The summed E-state index contributed by atoms with van der Waals surface area (Å²) in [4.78, 5) is 6.75. The molecule has 0 radical (unpaired) electrons. The molecule has 0 saturated carbocycles. The summed E-state index contributed by atoms with van der Waals surface area (Å²) in [6.45, 7) is 13.7. The molecule has 0 saturated heterocycles. The summed E-state index contributed by atoms with van der Waals surface area (Å²) < 4.78 is 11.0. The number of guanidine groups is 1. The molecule has 0 aromatic heterocycles. The van der Waals surface area contributed by atoms with E-state index in [0.29, 0.717) is 25.8 Å². The van der Waals surface area contributed by atoms with Gasteiger partial charge in [0.2, 0.25) is 0 Å². The van der Waals surface area contributed by atoms with Crippen LogP contribution in [0.3, 0.4) is 0 Å². The molecule has 1 aromatic carbocycles. The maximum Gasteiger partial charge on any atom is 0.191 e. The molecule has 0 unspecified atom stereocenters. The van der Waals surface area contributed by atoms with Crippen LogP contribution in [0.15, 0.2) is 23.2 Å². The van der Waals surface area contributed by atoms with Gasteiger partial charge in [0, 0.05) is 58.4 Å². The van der Waals surface area contributed by atoms with E-state index in [-0.39, 0.29) is 24.0 Å². The van der Waals surface area contributed by atoms with Crippen LogP contribution < -0.4 is 15.4 Å². The van der Waals surface area contributed by atoms with Gasteiger partial charge >= 0.3 is 0 Å². The highest BCUT2D eigenvalue weighted by atomic mass is 127. The van der Waals surface area contributed by atoms with Crippen LogP contribution in [0.4, 0.5) is 0 Å². The van der Waals surface area contributed by atoms with Gasteiger partial charge in [0.1, 0.15) is 5.75 Å². The molecule has 0 aliphatic carbocycles. The Kier molecular flexibility index (Phi) is 15.2. The van der Waals surface area contributed by atoms with Crippen LogP contribution in [0.2, 0.25) is 0 Å². The van der Waals surface area contributed by atoms with Crippen LogP contribution >= 0.6 is 24.0 Å². The third kappa shape index (κ3) is 10.5. The minimum absolute atomic E-state index is 0. The van der Waals surface area contributed by atoms with Gasteiger partial charge in [-0.1, -0.05) is 19.1 Å². The minimum Gasteiger partial charge on any atom is -0.493 e. The molecule has 6 nitrogen and oxygen atoms in total. The predicted molar refractivity (Wildman–Crippen MR) is 129 cm³/mol. The largest absolute Gasteiger partial charge is 0.493 e. The number of hydrogen-bond acceptors (Lipinski definition) is 4. The van der Waals surface area contributed by atoms with Gasteiger partial charge in [0.25, 0.3) is 0 Å². The Hall–Kier alpha value is -1.06. The zero-order chi connectivity index (χ0) is 20.1. The van der Waals surface area contributed by atoms with E-state index in [2.05, 4.69) is 66.4 Å². The summed E-state index contributed by atoms with van der Waals surface area (Å²) in [7, 11) is 3.51. The Morgan fingerprint density at radius 3 is 2.57 bits per heavy atom. The SMILES string of the molecule is CCN(CCNC(=NC)NCc1ccc(C)cc1OCCCOC)C(C)C.I. The normalized spacial score (nSPS) is 11.5. The van der Waals surface area contributed by atoms with Crippen molar-refractivity contribution in [3.8, 4) is 5.75 Å². The molecule has 28 heavy (non-hydrogen) atoms. The van der Waals surface area contributed by atoms with E-state index in [0.717, 1.165) is 43.3 Å². The first-order chi connectivity index (χ1) is 13.0. The molecule has 0 atom stereocenters. The van der Waals surface area contributed by atoms with Crippen LogP contribution in [0.1, 0.15) is 38.3 Å². The maximum atomic E-state index is 5.95. The smallest absolute Gasteiger partial charge is 0.191 e. The summed E-state index contributed by atoms with van der Waals surface area (Å²) in [6, 6.07) is 6.86. The average molecular weight is 506 g/mol. The van der Waals surface area contributed by atoms with Crippen LogP contribution in [0, 0.1) is 6.92 Å². The van der Waals surface area contributed by atoms with Crippen LogP contribution in [0.5, 0.6) is 5.75 Å². The van der Waals surface area contributed by atoms with Crippen LogP contribution in [0.25, 0.3) is 0 Å². The predicted octanol–water partition coefficient (Wildman–Crippen LogP) is 3.42. The zero-order valence-electron chi connectivity index (χ0n) is 18.4. The molecule has 1 rings (SSSR count). The number of aliphatic imine (C=N–C) groups is 1. The highest BCUT2D eigenvalue weighted by Gasteiger charge is 2.08. The van der Waals surface area contributed by atoms with Gasteiger partial charge < -0.3 is 20.1 Å². The number of likely N-dealkylation sites (N-methyl/N-ethyl adjacent to an activating group) is 1. The van der Waals surface area contributed by atoms with Crippen LogP contribution in [-0.2, 0) is 11.3 Å². The van der Waals surface area contributed by atoms with E-state index >= 15 is 0 Å². The van der Waals surface area contributed by atoms with E-state index < -0.39 is 0 Å². The van der Waals surface area contributed by atoms with Gasteiger partial charge in [-0.05, 0) is 38.9 Å². The second-order valence-corrected chi connectivity index (χ2v) is 6.88. The molecular formula is C21H39IN4O2. The molecule has 0 aliphatic rings. The number of rotatable bonds is 12. The first-order valence-electron chi connectivity index (χ1n) is 9.91. The van der Waals surface area contributed by atoms with E-state index in [1.807, 2.05) is 0 Å². The summed E-state index contributed by atoms with van der Waals surface area (Å²) in [5, 5.41) is 6.77. The number of halogens is 1. The van der Waals surface area contributed by atoms with E-state index in [1.54, 1.807) is 14.2 Å². The van der Waals surface area contributed by atoms with Gasteiger partial charge in [-0.25, -0.2) is 0 Å². The average Bonchev–Trinajstić information content (AvgIpc) is 2.65. The van der Waals surface area contributed by atoms with Crippen LogP contribution in [-0.4, -0.2) is 63.9 Å². The number of aryl methyl sites for hydroxylation is 1. The second kappa shape index (κ2) is 15.8. The molecule has 162 valence electrons. The fourth-order valence-electron chi connectivity index (χ4n) is 2.83. The van der Waals surface area contributed by atoms with Crippen molar-refractivity contribution >= 4 is 29.9 Å². The molecule has 0 aliphatic heterocycles. The first-order valence-corrected chi connectivity index (χ1v) is 9.91. The first kappa shape index (κ1) is 26.9. The number of nitrogens with zero attached hydrogens (tertiary/aromatic N) is 2. The van der Waals surface area contributed by atoms with E-state index in [4.69, 9.17) is 9.47 Å². The third-order valence-electron chi connectivity index (χ3n) is 4.47. The summed E-state index contributed by atoms with van der Waals surface area (Å²) in [6.07, 6.45) is 0.879. The van der Waals surface area contributed by atoms with Crippen molar-refractivity contribution in [1.82, 2.24) is 15.5 Å². The van der Waals surface area contributed by atoms with Crippen molar-refractivity contribution in [2.75, 3.05) is 47.0 Å². The highest BCUT2D eigenvalue weighted by Crippen LogP contribution is 2.20. The van der Waals surface area contributed by atoms with Crippen molar-refractivity contribution in [3.63, 3.8) is 0 Å². The molecule has 1 aromatic rings. The third-order valence-corrected chi connectivity index (χ3v) is 4.47. The fourth-order valence-corrected chi connectivity index (χ4v) is 2.83. The van der Waals surface area contributed by atoms with Gasteiger partial charge in [-0.2, -0.15) is 0 Å².